The van der Waals surface area contributed by atoms with Crippen LogP contribution in [0.3, 0.4) is 0 Å². The van der Waals surface area contributed by atoms with E-state index >= 15 is 0 Å². The third-order valence-corrected chi connectivity index (χ3v) is 3.73. The molecule has 0 saturated carbocycles. The second-order valence-corrected chi connectivity index (χ2v) is 5.02. The smallest absolute Gasteiger partial charge is 0.0832 e. The molecule has 1 aromatic heterocycles. The molecule has 2 aromatic rings. The van der Waals surface area contributed by atoms with Crippen molar-refractivity contribution in [2.24, 2.45) is 0 Å². The van der Waals surface area contributed by atoms with Crippen molar-refractivity contribution in [1.29, 1.82) is 0 Å². The fourth-order valence-corrected chi connectivity index (χ4v) is 2.75. The van der Waals surface area contributed by atoms with Gasteiger partial charge in [0.15, 0.2) is 0 Å². The van der Waals surface area contributed by atoms with Crippen LogP contribution in [0, 0.1) is 0 Å². The molecule has 84 valence electrons. The summed E-state index contributed by atoms with van der Waals surface area (Å²) >= 11 is 1.69. The molecule has 1 atom stereocenters. The third kappa shape index (κ3) is 1.79. The summed E-state index contributed by atoms with van der Waals surface area (Å²) in [7, 11) is 0. The standard InChI is InChI=1S/C12H14N2OS/c1-9-7-14(4-5-15-9)10-2-3-12-11(6-10)13-8-16-12/h2-3,6,8-9H,4-5,7H2,1H3. The number of hydrogen-bond donors (Lipinski definition) is 0. The SMILES string of the molecule is CC1CN(c2ccc3scnc3c2)CCO1. The Bertz CT molecular complexity index is 496. The quantitative estimate of drug-likeness (QED) is 0.758. The highest BCUT2D eigenvalue weighted by Crippen LogP contribution is 2.25. The highest BCUT2D eigenvalue weighted by atomic mass is 32.1. The normalized spacial score (nSPS) is 21.6. The van der Waals surface area contributed by atoms with Gasteiger partial charge in [0.1, 0.15) is 0 Å². The first-order valence-corrected chi connectivity index (χ1v) is 6.41. The average Bonchev–Trinajstić information content (AvgIpc) is 2.75. The van der Waals surface area contributed by atoms with Crippen molar-refractivity contribution in [2.75, 3.05) is 24.6 Å². The molecule has 1 saturated heterocycles. The molecule has 3 rings (SSSR count). The van der Waals surface area contributed by atoms with Gasteiger partial charge in [-0.25, -0.2) is 4.98 Å². The maximum Gasteiger partial charge on any atom is 0.0832 e. The van der Waals surface area contributed by atoms with E-state index < -0.39 is 0 Å². The minimum Gasteiger partial charge on any atom is -0.375 e. The zero-order valence-corrected chi connectivity index (χ0v) is 10.0. The van der Waals surface area contributed by atoms with Crippen molar-refractivity contribution in [2.45, 2.75) is 13.0 Å². The van der Waals surface area contributed by atoms with Gasteiger partial charge in [0.2, 0.25) is 0 Å². The maximum absolute atomic E-state index is 5.55. The molecule has 1 unspecified atom stereocenters. The second kappa shape index (κ2) is 4.03. The number of anilines is 1. The Kier molecular flexibility index (Phi) is 2.53. The Morgan fingerprint density at radius 1 is 1.50 bits per heavy atom. The first-order chi connectivity index (χ1) is 7.83. The van der Waals surface area contributed by atoms with Gasteiger partial charge in [-0.3, -0.25) is 0 Å². The lowest BCUT2D eigenvalue weighted by molar-refractivity contribution is 0.0532. The molecule has 16 heavy (non-hydrogen) atoms. The summed E-state index contributed by atoms with van der Waals surface area (Å²) in [6.45, 7) is 4.87. The molecule has 0 spiro atoms. The number of benzene rings is 1. The van der Waals surface area contributed by atoms with Crippen molar-refractivity contribution in [3.05, 3.63) is 23.7 Å². The molecule has 0 amide bonds. The molecule has 2 heterocycles. The molecule has 4 heteroatoms. The van der Waals surface area contributed by atoms with Crippen LogP contribution in [-0.4, -0.2) is 30.8 Å². The van der Waals surface area contributed by atoms with Crippen molar-refractivity contribution in [3.63, 3.8) is 0 Å². The van der Waals surface area contributed by atoms with Crippen LogP contribution in [0.15, 0.2) is 23.7 Å². The van der Waals surface area contributed by atoms with E-state index in [2.05, 4.69) is 35.0 Å². The first kappa shape index (κ1) is 10.1. The maximum atomic E-state index is 5.55. The van der Waals surface area contributed by atoms with E-state index in [4.69, 9.17) is 4.74 Å². The number of aromatic nitrogens is 1. The lowest BCUT2D eigenvalue weighted by atomic mass is 10.2. The highest BCUT2D eigenvalue weighted by Gasteiger charge is 2.17. The minimum atomic E-state index is 0.319. The van der Waals surface area contributed by atoms with Crippen LogP contribution in [0.4, 0.5) is 5.69 Å². The Morgan fingerprint density at radius 2 is 2.44 bits per heavy atom. The number of hydrogen-bond acceptors (Lipinski definition) is 4. The Hall–Kier alpha value is -1.13. The lowest BCUT2D eigenvalue weighted by Gasteiger charge is -2.32. The summed E-state index contributed by atoms with van der Waals surface area (Å²) in [4.78, 5) is 6.72. The number of thiazole rings is 1. The van der Waals surface area contributed by atoms with Crippen molar-refractivity contribution in [1.82, 2.24) is 4.98 Å². The predicted octanol–water partition coefficient (Wildman–Crippen LogP) is 2.52. The van der Waals surface area contributed by atoms with Crippen molar-refractivity contribution >= 4 is 27.2 Å². The molecule has 1 fully saturated rings. The molecule has 1 aromatic carbocycles. The predicted molar refractivity (Wildman–Crippen MR) is 67.2 cm³/mol. The third-order valence-electron chi connectivity index (χ3n) is 2.92. The van der Waals surface area contributed by atoms with Crippen LogP contribution >= 0.6 is 11.3 Å². The first-order valence-electron chi connectivity index (χ1n) is 5.53. The second-order valence-electron chi connectivity index (χ2n) is 4.13. The van der Waals surface area contributed by atoms with Gasteiger partial charge in [-0.2, -0.15) is 0 Å². The minimum absolute atomic E-state index is 0.319. The fourth-order valence-electron chi connectivity index (χ4n) is 2.10. The zero-order chi connectivity index (χ0) is 11.0. The molecule has 0 radical (unpaired) electrons. The van der Waals surface area contributed by atoms with Crippen LogP contribution in [0.1, 0.15) is 6.92 Å². The van der Waals surface area contributed by atoms with E-state index in [1.165, 1.54) is 10.4 Å². The molecular weight excluding hydrogens is 220 g/mol. The number of fused-ring (bicyclic) bond motifs is 1. The van der Waals surface area contributed by atoms with Gasteiger partial charge in [-0.1, -0.05) is 0 Å². The van der Waals surface area contributed by atoms with Gasteiger partial charge in [-0.05, 0) is 25.1 Å². The fraction of sp³-hybridized carbons (Fsp3) is 0.417. The van der Waals surface area contributed by atoms with Crippen LogP contribution in [0.2, 0.25) is 0 Å². The summed E-state index contributed by atoms with van der Waals surface area (Å²) in [6.07, 6.45) is 0.319. The van der Waals surface area contributed by atoms with E-state index in [0.29, 0.717) is 6.10 Å². The molecule has 0 aliphatic carbocycles. The van der Waals surface area contributed by atoms with Gasteiger partial charge >= 0.3 is 0 Å². The van der Waals surface area contributed by atoms with Gasteiger partial charge in [-0.15, -0.1) is 11.3 Å². The molecular formula is C12H14N2OS. The largest absolute Gasteiger partial charge is 0.375 e. The zero-order valence-electron chi connectivity index (χ0n) is 9.22. The van der Waals surface area contributed by atoms with Gasteiger partial charge in [0.25, 0.3) is 0 Å². The van der Waals surface area contributed by atoms with E-state index in [-0.39, 0.29) is 0 Å². The van der Waals surface area contributed by atoms with Gasteiger partial charge in [0, 0.05) is 18.8 Å². The van der Waals surface area contributed by atoms with Crippen molar-refractivity contribution in [3.8, 4) is 0 Å². The molecule has 0 bridgehead atoms. The summed E-state index contributed by atoms with van der Waals surface area (Å²) in [5.41, 5.74) is 4.26. The number of ether oxygens (including phenoxy) is 1. The average molecular weight is 234 g/mol. The van der Waals surface area contributed by atoms with Crippen LogP contribution in [-0.2, 0) is 4.74 Å². The van der Waals surface area contributed by atoms with Crippen molar-refractivity contribution < 1.29 is 4.74 Å². The summed E-state index contributed by atoms with van der Waals surface area (Å²) in [5, 5.41) is 0. The van der Waals surface area contributed by atoms with E-state index in [1.807, 2.05) is 5.51 Å². The topological polar surface area (TPSA) is 25.4 Å². The molecule has 0 N–H and O–H groups in total. The summed E-state index contributed by atoms with van der Waals surface area (Å²) in [5.74, 6) is 0. The summed E-state index contributed by atoms with van der Waals surface area (Å²) < 4.78 is 6.80. The van der Waals surface area contributed by atoms with Gasteiger partial charge in [0.05, 0.1) is 28.4 Å². The van der Waals surface area contributed by atoms with Crippen LogP contribution in [0.25, 0.3) is 10.2 Å². The molecule has 3 nitrogen and oxygen atoms in total. The monoisotopic (exact) mass is 234 g/mol. The summed E-state index contributed by atoms with van der Waals surface area (Å²) in [6, 6.07) is 6.50. The number of rotatable bonds is 1. The Morgan fingerprint density at radius 3 is 3.31 bits per heavy atom. The van der Waals surface area contributed by atoms with E-state index in [1.54, 1.807) is 11.3 Å². The lowest BCUT2D eigenvalue weighted by Crippen LogP contribution is -2.41. The number of nitrogens with zero attached hydrogens (tertiary/aromatic N) is 2. The number of morpholine rings is 1. The Labute approximate surface area is 98.7 Å². The van der Waals surface area contributed by atoms with E-state index in [9.17, 15) is 0 Å². The van der Waals surface area contributed by atoms with E-state index in [0.717, 1.165) is 25.2 Å². The molecule has 1 aliphatic rings. The van der Waals surface area contributed by atoms with Crippen LogP contribution in [0.5, 0.6) is 0 Å². The highest BCUT2D eigenvalue weighted by molar-refractivity contribution is 7.16. The van der Waals surface area contributed by atoms with Gasteiger partial charge < -0.3 is 9.64 Å². The van der Waals surface area contributed by atoms with Crippen LogP contribution < -0.4 is 4.90 Å². The molecule has 1 aliphatic heterocycles. The Balaban J connectivity index is 1.92.